The van der Waals surface area contributed by atoms with Crippen LogP contribution >= 0.6 is 0 Å². The summed E-state index contributed by atoms with van der Waals surface area (Å²) in [4.78, 5) is 4.26. The fraction of sp³-hybridized carbons (Fsp3) is 0.364. The molecule has 5 nitrogen and oxygen atoms in total. The van der Waals surface area contributed by atoms with Gasteiger partial charge in [-0.3, -0.25) is 0 Å². The molecule has 0 spiro atoms. The lowest BCUT2D eigenvalue weighted by Crippen LogP contribution is -2.09. The maximum atomic E-state index is 5.65. The first-order valence-electron chi connectivity index (χ1n) is 5.27. The van der Waals surface area contributed by atoms with E-state index in [9.17, 15) is 0 Å². The Morgan fingerprint density at radius 3 is 3.19 bits per heavy atom. The van der Waals surface area contributed by atoms with Crippen LogP contribution in [-0.2, 0) is 4.74 Å². The van der Waals surface area contributed by atoms with Gasteiger partial charge in [0.25, 0.3) is 6.01 Å². The number of anilines is 2. The van der Waals surface area contributed by atoms with Crippen molar-refractivity contribution in [3.8, 4) is 0 Å². The van der Waals surface area contributed by atoms with Gasteiger partial charge < -0.3 is 20.2 Å². The number of ether oxygens (including phenoxy) is 1. The molecule has 0 saturated heterocycles. The van der Waals surface area contributed by atoms with Gasteiger partial charge in [-0.05, 0) is 25.1 Å². The Morgan fingerprint density at radius 1 is 1.50 bits per heavy atom. The Hall–Kier alpha value is -1.75. The molecule has 0 saturated carbocycles. The average Bonchev–Trinajstić information content (AvgIpc) is 2.66. The number of fused-ring (bicyclic) bond motifs is 1. The van der Waals surface area contributed by atoms with Crippen molar-refractivity contribution in [2.45, 2.75) is 6.92 Å². The molecule has 1 aromatic heterocycles. The van der Waals surface area contributed by atoms with Crippen LogP contribution in [0.15, 0.2) is 22.6 Å². The summed E-state index contributed by atoms with van der Waals surface area (Å²) < 4.78 is 10.7. The zero-order valence-electron chi connectivity index (χ0n) is 9.19. The fourth-order valence-corrected chi connectivity index (χ4v) is 1.39. The normalized spacial score (nSPS) is 10.8. The third-order valence-corrected chi connectivity index (χ3v) is 2.14. The maximum absolute atomic E-state index is 5.65. The summed E-state index contributed by atoms with van der Waals surface area (Å²) >= 11 is 0. The van der Waals surface area contributed by atoms with Crippen molar-refractivity contribution < 1.29 is 9.15 Å². The van der Waals surface area contributed by atoms with E-state index in [4.69, 9.17) is 14.9 Å². The third-order valence-electron chi connectivity index (χ3n) is 2.14. The minimum atomic E-state index is 0.500. The quantitative estimate of drug-likeness (QED) is 0.595. The van der Waals surface area contributed by atoms with Crippen LogP contribution < -0.4 is 11.1 Å². The number of nitrogens with zero attached hydrogens (tertiary/aromatic N) is 1. The highest BCUT2D eigenvalue weighted by molar-refractivity contribution is 5.78. The number of oxazole rings is 1. The lowest BCUT2D eigenvalue weighted by atomic mass is 10.3. The van der Waals surface area contributed by atoms with Gasteiger partial charge in [-0.25, -0.2) is 0 Å². The van der Waals surface area contributed by atoms with Gasteiger partial charge in [-0.1, -0.05) is 0 Å². The smallest absolute Gasteiger partial charge is 0.295 e. The van der Waals surface area contributed by atoms with Gasteiger partial charge in [0.15, 0.2) is 5.58 Å². The van der Waals surface area contributed by atoms with Gasteiger partial charge in [0, 0.05) is 18.8 Å². The Bertz CT molecular complexity index is 467. The Labute approximate surface area is 93.6 Å². The molecule has 0 unspecified atom stereocenters. The molecular formula is C11H15N3O2. The van der Waals surface area contributed by atoms with E-state index in [1.165, 1.54) is 0 Å². The summed E-state index contributed by atoms with van der Waals surface area (Å²) in [6.45, 7) is 3.99. The molecule has 0 aliphatic heterocycles. The fourth-order valence-electron chi connectivity index (χ4n) is 1.39. The molecule has 0 atom stereocenters. The molecule has 2 rings (SSSR count). The minimum absolute atomic E-state index is 0.500. The first-order chi connectivity index (χ1) is 7.79. The molecule has 1 heterocycles. The van der Waals surface area contributed by atoms with Crippen LogP contribution in [0.2, 0.25) is 0 Å². The van der Waals surface area contributed by atoms with Gasteiger partial charge in [0.2, 0.25) is 0 Å². The highest BCUT2D eigenvalue weighted by Crippen LogP contribution is 2.20. The number of aromatic nitrogens is 1. The monoisotopic (exact) mass is 221 g/mol. The van der Waals surface area contributed by atoms with Gasteiger partial charge in [0.05, 0.1) is 6.61 Å². The average molecular weight is 221 g/mol. The van der Waals surface area contributed by atoms with Crippen molar-refractivity contribution in [3.05, 3.63) is 18.2 Å². The van der Waals surface area contributed by atoms with E-state index in [0.29, 0.717) is 31.5 Å². The van der Waals surface area contributed by atoms with Crippen molar-refractivity contribution in [3.63, 3.8) is 0 Å². The molecule has 0 aliphatic rings. The standard InChI is InChI=1S/C11H15N3O2/c1-2-15-6-5-13-11-14-9-7-8(12)3-4-10(9)16-11/h3-4,7H,2,5-6,12H2,1H3,(H,13,14). The molecule has 1 aromatic carbocycles. The number of nitrogen functional groups attached to an aromatic ring is 1. The second-order valence-electron chi connectivity index (χ2n) is 3.37. The number of benzene rings is 1. The first-order valence-corrected chi connectivity index (χ1v) is 5.27. The number of nitrogens with two attached hydrogens (primary N) is 1. The van der Waals surface area contributed by atoms with Crippen LogP contribution in [0.1, 0.15) is 6.92 Å². The number of hydrogen-bond donors (Lipinski definition) is 2. The van der Waals surface area contributed by atoms with Crippen LogP contribution in [0.3, 0.4) is 0 Å². The number of nitrogens with one attached hydrogen (secondary N) is 1. The first kappa shape index (κ1) is 10.8. The summed E-state index contributed by atoms with van der Waals surface area (Å²) in [6.07, 6.45) is 0. The summed E-state index contributed by atoms with van der Waals surface area (Å²) in [5.74, 6) is 0. The van der Waals surface area contributed by atoms with Crippen molar-refractivity contribution in [1.82, 2.24) is 4.98 Å². The van der Waals surface area contributed by atoms with Gasteiger partial charge in [0.1, 0.15) is 5.52 Å². The van der Waals surface area contributed by atoms with Crippen LogP contribution in [0.4, 0.5) is 11.7 Å². The second-order valence-corrected chi connectivity index (χ2v) is 3.37. The molecule has 0 bridgehead atoms. The van der Waals surface area contributed by atoms with Gasteiger partial charge >= 0.3 is 0 Å². The Kier molecular flexibility index (Phi) is 3.26. The summed E-state index contributed by atoms with van der Waals surface area (Å²) in [5.41, 5.74) is 7.83. The Morgan fingerprint density at radius 2 is 2.38 bits per heavy atom. The van der Waals surface area contributed by atoms with Crippen LogP contribution in [0, 0.1) is 0 Å². The molecule has 0 amide bonds. The van der Waals surface area contributed by atoms with E-state index in [1.54, 1.807) is 12.1 Å². The van der Waals surface area contributed by atoms with E-state index < -0.39 is 0 Å². The maximum Gasteiger partial charge on any atom is 0.295 e. The molecule has 86 valence electrons. The third kappa shape index (κ3) is 2.43. The summed E-state index contributed by atoms with van der Waals surface area (Å²) in [6, 6.07) is 5.88. The lowest BCUT2D eigenvalue weighted by molar-refractivity contribution is 0.157. The van der Waals surface area contributed by atoms with Crippen molar-refractivity contribution in [2.75, 3.05) is 30.8 Å². The zero-order valence-corrected chi connectivity index (χ0v) is 9.19. The van der Waals surface area contributed by atoms with Crippen molar-refractivity contribution in [2.24, 2.45) is 0 Å². The SMILES string of the molecule is CCOCCNc1nc2cc(N)ccc2o1. The van der Waals surface area contributed by atoms with Crippen LogP contribution in [-0.4, -0.2) is 24.7 Å². The summed E-state index contributed by atoms with van der Waals surface area (Å²) in [7, 11) is 0. The van der Waals surface area contributed by atoms with E-state index in [-0.39, 0.29) is 0 Å². The van der Waals surface area contributed by atoms with Gasteiger partial charge in [-0.15, -0.1) is 0 Å². The molecular weight excluding hydrogens is 206 g/mol. The zero-order chi connectivity index (χ0) is 11.4. The molecule has 16 heavy (non-hydrogen) atoms. The highest BCUT2D eigenvalue weighted by Gasteiger charge is 2.04. The second kappa shape index (κ2) is 4.85. The van der Waals surface area contributed by atoms with Gasteiger partial charge in [-0.2, -0.15) is 4.98 Å². The van der Waals surface area contributed by atoms with E-state index in [2.05, 4.69) is 10.3 Å². The van der Waals surface area contributed by atoms with Crippen molar-refractivity contribution in [1.29, 1.82) is 0 Å². The molecule has 0 aliphatic carbocycles. The highest BCUT2D eigenvalue weighted by atomic mass is 16.5. The molecule has 3 N–H and O–H groups in total. The van der Waals surface area contributed by atoms with Crippen LogP contribution in [0.25, 0.3) is 11.1 Å². The topological polar surface area (TPSA) is 73.3 Å². The molecule has 0 radical (unpaired) electrons. The molecule has 0 fully saturated rings. The van der Waals surface area contributed by atoms with E-state index in [1.807, 2.05) is 13.0 Å². The summed E-state index contributed by atoms with van der Waals surface area (Å²) in [5, 5.41) is 3.04. The van der Waals surface area contributed by atoms with E-state index in [0.717, 1.165) is 11.1 Å². The largest absolute Gasteiger partial charge is 0.424 e. The van der Waals surface area contributed by atoms with Crippen LogP contribution in [0.5, 0.6) is 0 Å². The minimum Gasteiger partial charge on any atom is -0.424 e. The number of rotatable bonds is 5. The molecule has 2 aromatic rings. The molecule has 5 heteroatoms. The lowest BCUT2D eigenvalue weighted by Gasteiger charge is -2.00. The van der Waals surface area contributed by atoms with E-state index >= 15 is 0 Å². The predicted octanol–water partition coefficient (Wildman–Crippen LogP) is 1.86. The predicted molar refractivity (Wildman–Crippen MR) is 63.4 cm³/mol. The Balaban J connectivity index is 2.02. The number of hydrogen-bond acceptors (Lipinski definition) is 5. The van der Waals surface area contributed by atoms with Crippen molar-refractivity contribution >= 4 is 22.8 Å².